The molecule has 0 saturated carbocycles. The van der Waals surface area contributed by atoms with Gasteiger partial charge >= 0.3 is 5.97 Å². The first-order valence-corrected chi connectivity index (χ1v) is 10.2. The zero-order valence-corrected chi connectivity index (χ0v) is 16.5. The second kappa shape index (κ2) is 8.05. The summed E-state index contributed by atoms with van der Waals surface area (Å²) in [5.74, 6) is 0.702. The van der Waals surface area contributed by atoms with Crippen LogP contribution in [0.4, 0.5) is 0 Å². The lowest BCUT2D eigenvalue weighted by Crippen LogP contribution is -2.15. The fourth-order valence-corrected chi connectivity index (χ4v) is 4.74. The molecule has 136 valence electrons. The predicted octanol–water partition coefficient (Wildman–Crippen LogP) is 4.14. The lowest BCUT2D eigenvalue weighted by molar-refractivity contribution is -0.142. The number of aromatic nitrogens is 2. The van der Waals surface area contributed by atoms with Gasteiger partial charge in [0.1, 0.15) is 15.9 Å². The van der Waals surface area contributed by atoms with E-state index in [2.05, 4.69) is 9.97 Å². The molecule has 1 aromatic carbocycles. The maximum atomic E-state index is 12.4. The van der Waals surface area contributed by atoms with Gasteiger partial charge in [0.25, 0.3) is 5.56 Å². The average Bonchev–Trinajstić information content (AvgIpc) is 2.91. The van der Waals surface area contributed by atoms with Crippen LogP contribution < -0.4 is 5.56 Å². The summed E-state index contributed by atoms with van der Waals surface area (Å²) in [6.45, 7) is 6.05. The number of aromatic amines is 1. The van der Waals surface area contributed by atoms with Crippen LogP contribution >= 0.6 is 23.1 Å². The third-order valence-electron chi connectivity index (χ3n) is 4.08. The number of carbonyl (C=O) groups is 1. The summed E-state index contributed by atoms with van der Waals surface area (Å²) in [5, 5.41) is 0.204. The highest BCUT2D eigenvalue weighted by atomic mass is 32.2. The summed E-state index contributed by atoms with van der Waals surface area (Å²) < 4.78 is 5.21. The number of thioether (sulfide) groups is 1. The summed E-state index contributed by atoms with van der Waals surface area (Å²) in [7, 11) is 0. The fourth-order valence-electron chi connectivity index (χ4n) is 2.68. The maximum Gasteiger partial charge on any atom is 0.323 e. The predicted molar refractivity (Wildman–Crippen MR) is 107 cm³/mol. The Kier molecular flexibility index (Phi) is 5.78. The summed E-state index contributed by atoms with van der Waals surface area (Å²) in [6, 6.07) is 9.50. The van der Waals surface area contributed by atoms with E-state index in [4.69, 9.17) is 4.74 Å². The van der Waals surface area contributed by atoms with Crippen LogP contribution in [0.15, 0.2) is 35.1 Å². The van der Waals surface area contributed by atoms with E-state index in [0.29, 0.717) is 23.6 Å². The Morgan fingerprint density at radius 2 is 2.04 bits per heavy atom. The van der Waals surface area contributed by atoms with Crippen molar-refractivity contribution in [3.63, 3.8) is 0 Å². The average molecular weight is 389 g/mol. The number of esters is 1. The molecule has 0 unspecified atom stereocenters. The third-order valence-corrected chi connectivity index (χ3v) is 6.42. The quantitative estimate of drug-likeness (QED) is 0.643. The monoisotopic (exact) mass is 388 g/mol. The largest absolute Gasteiger partial charge is 0.465 e. The Morgan fingerprint density at radius 1 is 1.31 bits per heavy atom. The van der Waals surface area contributed by atoms with Crippen molar-refractivity contribution >= 4 is 39.3 Å². The Bertz CT molecular complexity index is 980. The van der Waals surface area contributed by atoms with Crippen molar-refractivity contribution in [3.05, 3.63) is 62.5 Å². The summed E-state index contributed by atoms with van der Waals surface area (Å²) in [6.07, 6.45) is 0. The van der Waals surface area contributed by atoms with E-state index in [0.717, 1.165) is 20.8 Å². The molecule has 2 aromatic heterocycles. The Morgan fingerprint density at radius 3 is 2.73 bits per heavy atom. The number of rotatable bonds is 6. The van der Waals surface area contributed by atoms with E-state index in [9.17, 15) is 9.59 Å². The molecule has 0 aliphatic carbocycles. The molecule has 7 heteroatoms. The first kappa shape index (κ1) is 18.7. The van der Waals surface area contributed by atoms with Gasteiger partial charge in [-0.3, -0.25) is 9.59 Å². The highest BCUT2D eigenvalue weighted by Crippen LogP contribution is 2.33. The zero-order valence-electron chi connectivity index (χ0n) is 14.9. The van der Waals surface area contributed by atoms with Gasteiger partial charge < -0.3 is 9.72 Å². The van der Waals surface area contributed by atoms with Crippen LogP contribution in [0.2, 0.25) is 0 Å². The molecular weight excluding hydrogens is 368 g/mol. The Balaban J connectivity index is 1.86. The number of hydrogen-bond acceptors (Lipinski definition) is 6. The normalized spacial score (nSPS) is 12.3. The summed E-state index contributed by atoms with van der Waals surface area (Å²) in [4.78, 5) is 34.0. The molecule has 3 rings (SSSR count). The van der Waals surface area contributed by atoms with E-state index in [1.165, 1.54) is 23.1 Å². The van der Waals surface area contributed by atoms with Crippen molar-refractivity contribution in [1.82, 2.24) is 9.97 Å². The number of nitrogens with one attached hydrogen (secondary N) is 1. The lowest BCUT2D eigenvalue weighted by atomic mass is 10.1. The van der Waals surface area contributed by atoms with Crippen LogP contribution in [0.5, 0.6) is 0 Å². The molecule has 1 atom stereocenters. The maximum absolute atomic E-state index is 12.4. The molecule has 0 spiro atoms. The van der Waals surface area contributed by atoms with Gasteiger partial charge in [0.15, 0.2) is 0 Å². The second-order valence-electron chi connectivity index (χ2n) is 5.83. The number of aryl methyl sites for hydroxylation is 2. The van der Waals surface area contributed by atoms with Crippen molar-refractivity contribution in [3.8, 4) is 0 Å². The van der Waals surface area contributed by atoms with Crippen LogP contribution in [0.3, 0.4) is 0 Å². The molecule has 1 N–H and O–H groups in total. The molecular formula is C19H20N2O3S2. The van der Waals surface area contributed by atoms with Crippen LogP contribution in [0, 0.1) is 13.8 Å². The highest BCUT2D eigenvalue weighted by molar-refractivity contribution is 7.99. The van der Waals surface area contributed by atoms with Crippen LogP contribution in [0.1, 0.15) is 34.0 Å². The molecule has 5 nitrogen and oxygen atoms in total. The number of fused-ring (bicyclic) bond motifs is 1. The molecule has 0 aliphatic heterocycles. The van der Waals surface area contributed by atoms with Gasteiger partial charge in [-0.2, -0.15) is 0 Å². The molecule has 0 radical (unpaired) electrons. The number of thiophene rings is 1. The van der Waals surface area contributed by atoms with Gasteiger partial charge in [0.2, 0.25) is 0 Å². The number of carbonyl (C=O) groups excluding carboxylic acids is 1. The number of ether oxygens (including phenoxy) is 1. The molecule has 0 amide bonds. The minimum atomic E-state index is -0.455. The van der Waals surface area contributed by atoms with E-state index in [1.807, 2.05) is 44.2 Å². The zero-order chi connectivity index (χ0) is 18.7. The molecule has 0 fully saturated rings. The van der Waals surface area contributed by atoms with E-state index in [-0.39, 0.29) is 11.5 Å². The SMILES string of the molecule is CCOC(=O)[C@H](SCc1nc2sc(C)c(C)c2c(=O)[nH]1)c1ccccc1. The van der Waals surface area contributed by atoms with E-state index >= 15 is 0 Å². The topological polar surface area (TPSA) is 72.0 Å². The summed E-state index contributed by atoms with van der Waals surface area (Å²) in [5.41, 5.74) is 1.73. The van der Waals surface area contributed by atoms with Crippen molar-refractivity contribution in [2.75, 3.05) is 6.61 Å². The Hall–Kier alpha value is -2.12. The Labute approximate surface area is 159 Å². The van der Waals surface area contributed by atoms with E-state index < -0.39 is 5.25 Å². The van der Waals surface area contributed by atoms with Crippen LogP contribution in [0.25, 0.3) is 10.2 Å². The standard InChI is InChI=1S/C19H20N2O3S2/c1-4-24-19(23)16(13-8-6-5-7-9-13)25-10-14-20-17(22)15-11(2)12(3)26-18(15)21-14/h5-9,16H,4,10H2,1-3H3,(H,20,21,22)/t16-/m1/s1. The van der Waals surface area contributed by atoms with Crippen molar-refractivity contribution in [2.24, 2.45) is 0 Å². The number of H-pyrrole nitrogens is 1. The van der Waals surface area contributed by atoms with Crippen LogP contribution in [-0.2, 0) is 15.3 Å². The van der Waals surface area contributed by atoms with Gasteiger partial charge in [0.05, 0.1) is 17.7 Å². The number of benzene rings is 1. The highest BCUT2D eigenvalue weighted by Gasteiger charge is 2.23. The van der Waals surface area contributed by atoms with Gasteiger partial charge in [-0.15, -0.1) is 23.1 Å². The van der Waals surface area contributed by atoms with Crippen molar-refractivity contribution in [2.45, 2.75) is 31.8 Å². The number of nitrogens with zero attached hydrogens (tertiary/aromatic N) is 1. The molecule has 0 aliphatic rings. The van der Waals surface area contributed by atoms with Gasteiger partial charge in [0, 0.05) is 4.88 Å². The van der Waals surface area contributed by atoms with Gasteiger partial charge in [-0.25, -0.2) is 4.98 Å². The molecule has 0 saturated heterocycles. The third kappa shape index (κ3) is 3.83. The first-order valence-electron chi connectivity index (χ1n) is 8.33. The fraction of sp³-hybridized carbons (Fsp3) is 0.316. The summed E-state index contributed by atoms with van der Waals surface area (Å²) >= 11 is 2.92. The van der Waals surface area contributed by atoms with Crippen molar-refractivity contribution in [1.29, 1.82) is 0 Å². The molecule has 26 heavy (non-hydrogen) atoms. The minimum absolute atomic E-state index is 0.125. The van der Waals surface area contributed by atoms with Crippen molar-refractivity contribution < 1.29 is 9.53 Å². The lowest BCUT2D eigenvalue weighted by Gasteiger charge is -2.15. The number of hydrogen-bond donors (Lipinski definition) is 1. The molecule has 3 aromatic rings. The molecule has 2 heterocycles. The molecule has 0 bridgehead atoms. The minimum Gasteiger partial charge on any atom is -0.465 e. The smallest absolute Gasteiger partial charge is 0.323 e. The first-order chi connectivity index (χ1) is 12.5. The van der Waals surface area contributed by atoms with Gasteiger partial charge in [-0.05, 0) is 31.9 Å². The van der Waals surface area contributed by atoms with E-state index in [1.54, 1.807) is 6.92 Å². The van der Waals surface area contributed by atoms with Crippen LogP contribution in [-0.4, -0.2) is 22.5 Å². The second-order valence-corrected chi connectivity index (χ2v) is 8.13. The van der Waals surface area contributed by atoms with Gasteiger partial charge in [-0.1, -0.05) is 30.3 Å².